The third kappa shape index (κ3) is 3.61. The number of rotatable bonds is 6. The van der Waals surface area contributed by atoms with Crippen molar-refractivity contribution < 1.29 is 5.11 Å². The summed E-state index contributed by atoms with van der Waals surface area (Å²) in [6, 6.07) is 6.25. The van der Waals surface area contributed by atoms with Crippen molar-refractivity contribution in [1.29, 1.82) is 0 Å². The standard InChI is InChI=1S/C13H21BrN2O/c1-3-11(4-2)16(7-8-17)13-6-5-10(15)9-12(13)14/h5-6,9,11,17H,3-4,7-8,15H2,1-2H3. The van der Waals surface area contributed by atoms with Crippen molar-refractivity contribution in [2.75, 3.05) is 23.8 Å². The van der Waals surface area contributed by atoms with Crippen LogP contribution >= 0.6 is 15.9 Å². The highest BCUT2D eigenvalue weighted by Gasteiger charge is 2.17. The predicted molar refractivity (Wildman–Crippen MR) is 77.4 cm³/mol. The molecule has 0 atom stereocenters. The summed E-state index contributed by atoms with van der Waals surface area (Å²) in [4.78, 5) is 2.24. The van der Waals surface area contributed by atoms with E-state index in [-0.39, 0.29) is 6.61 Å². The van der Waals surface area contributed by atoms with Crippen LogP contribution in [0.4, 0.5) is 11.4 Å². The van der Waals surface area contributed by atoms with Gasteiger partial charge in [0.15, 0.2) is 0 Å². The second kappa shape index (κ2) is 6.87. The summed E-state index contributed by atoms with van der Waals surface area (Å²) in [5, 5.41) is 9.20. The maximum Gasteiger partial charge on any atom is 0.0606 e. The molecule has 17 heavy (non-hydrogen) atoms. The molecule has 0 spiro atoms. The summed E-state index contributed by atoms with van der Waals surface area (Å²) >= 11 is 3.54. The second-order valence-electron chi connectivity index (χ2n) is 4.10. The molecule has 0 heterocycles. The summed E-state index contributed by atoms with van der Waals surface area (Å²) < 4.78 is 0.984. The van der Waals surface area contributed by atoms with Crippen LogP contribution in [-0.4, -0.2) is 24.3 Å². The molecule has 0 aliphatic rings. The van der Waals surface area contributed by atoms with Gasteiger partial charge in [-0.2, -0.15) is 0 Å². The van der Waals surface area contributed by atoms with E-state index in [0.717, 1.165) is 28.7 Å². The highest BCUT2D eigenvalue weighted by Crippen LogP contribution is 2.30. The molecule has 1 aromatic carbocycles. The number of nitrogens with two attached hydrogens (primary N) is 1. The van der Waals surface area contributed by atoms with Gasteiger partial charge in [0.2, 0.25) is 0 Å². The smallest absolute Gasteiger partial charge is 0.0606 e. The fourth-order valence-electron chi connectivity index (χ4n) is 2.09. The van der Waals surface area contributed by atoms with E-state index in [0.29, 0.717) is 12.6 Å². The fourth-order valence-corrected chi connectivity index (χ4v) is 2.72. The van der Waals surface area contributed by atoms with Crippen molar-refractivity contribution in [1.82, 2.24) is 0 Å². The number of hydrogen-bond donors (Lipinski definition) is 2. The minimum absolute atomic E-state index is 0.160. The Kier molecular flexibility index (Phi) is 5.78. The van der Waals surface area contributed by atoms with E-state index in [2.05, 4.69) is 34.7 Å². The van der Waals surface area contributed by atoms with Gasteiger partial charge in [-0.05, 0) is 47.0 Å². The van der Waals surface area contributed by atoms with Gasteiger partial charge in [0.25, 0.3) is 0 Å². The molecule has 0 saturated carbocycles. The maximum absolute atomic E-state index is 9.20. The molecule has 0 amide bonds. The fraction of sp³-hybridized carbons (Fsp3) is 0.538. The molecule has 0 aliphatic carbocycles. The Hall–Kier alpha value is -0.740. The Balaban J connectivity index is 3.03. The number of anilines is 2. The highest BCUT2D eigenvalue weighted by atomic mass is 79.9. The Morgan fingerprint density at radius 2 is 2.00 bits per heavy atom. The number of aliphatic hydroxyl groups is 1. The van der Waals surface area contributed by atoms with Crippen LogP contribution in [-0.2, 0) is 0 Å². The van der Waals surface area contributed by atoms with Crippen LogP contribution in [0.5, 0.6) is 0 Å². The Labute approximate surface area is 112 Å². The minimum Gasteiger partial charge on any atom is -0.399 e. The van der Waals surface area contributed by atoms with Gasteiger partial charge in [0.05, 0.1) is 12.3 Å². The molecule has 3 N–H and O–H groups in total. The average Bonchev–Trinajstić information content (AvgIpc) is 2.30. The van der Waals surface area contributed by atoms with Crippen molar-refractivity contribution in [3.05, 3.63) is 22.7 Å². The maximum atomic E-state index is 9.20. The van der Waals surface area contributed by atoms with Crippen LogP contribution in [0.15, 0.2) is 22.7 Å². The molecule has 4 heteroatoms. The zero-order valence-corrected chi connectivity index (χ0v) is 12.1. The van der Waals surface area contributed by atoms with Gasteiger partial charge in [-0.1, -0.05) is 13.8 Å². The molecule has 0 aromatic heterocycles. The van der Waals surface area contributed by atoms with Gasteiger partial charge >= 0.3 is 0 Å². The minimum atomic E-state index is 0.160. The van der Waals surface area contributed by atoms with Crippen molar-refractivity contribution in [2.45, 2.75) is 32.7 Å². The largest absolute Gasteiger partial charge is 0.399 e. The second-order valence-corrected chi connectivity index (χ2v) is 4.95. The van der Waals surface area contributed by atoms with Gasteiger partial charge < -0.3 is 15.7 Å². The first-order valence-corrected chi connectivity index (χ1v) is 6.85. The lowest BCUT2D eigenvalue weighted by molar-refractivity contribution is 0.296. The van der Waals surface area contributed by atoms with E-state index < -0.39 is 0 Å². The van der Waals surface area contributed by atoms with Crippen LogP contribution in [0.2, 0.25) is 0 Å². The molecule has 96 valence electrons. The summed E-state index contributed by atoms with van der Waals surface area (Å²) in [6.07, 6.45) is 2.13. The number of halogens is 1. The Morgan fingerprint density at radius 1 is 1.35 bits per heavy atom. The monoisotopic (exact) mass is 300 g/mol. The number of benzene rings is 1. The first kappa shape index (κ1) is 14.3. The van der Waals surface area contributed by atoms with E-state index in [1.807, 2.05) is 18.2 Å². The Bertz CT molecular complexity index is 353. The molecule has 0 fully saturated rings. The third-order valence-electron chi connectivity index (χ3n) is 3.01. The molecular weight excluding hydrogens is 280 g/mol. The zero-order valence-electron chi connectivity index (χ0n) is 10.5. The summed E-state index contributed by atoms with van der Waals surface area (Å²) in [5.41, 5.74) is 7.59. The van der Waals surface area contributed by atoms with Gasteiger partial charge in [0, 0.05) is 22.7 Å². The van der Waals surface area contributed by atoms with Crippen molar-refractivity contribution >= 4 is 27.3 Å². The van der Waals surface area contributed by atoms with E-state index in [9.17, 15) is 5.11 Å². The molecule has 1 aromatic rings. The lowest BCUT2D eigenvalue weighted by atomic mass is 10.1. The predicted octanol–water partition coefficient (Wildman–Crippen LogP) is 3.02. The average molecular weight is 301 g/mol. The molecule has 0 aliphatic heterocycles. The van der Waals surface area contributed by atoms with Crippen LogP contribution in [0.3, 0.4) is 0 Å². The number of nitrogens with zero attached hydrogens (tertiary/aromatic N) is 1. The quantitative estimate of drug-likeness (QED) is 0.794. The van der Waals surface area contributed by atoms with E-state index >= 15 is 0 Å². The molecule has 0 radical (unpaired) electrons. The van der Waals surface area contributed by atoms with Crippen LogP contribution in [0.1, 0.15) is 26.7 Å². The van der Waals surface area contributed by atoms with Crippen LogP contribution < -0.4 is 10.6 Å². The van der Waals surface area contributed by atoms with Gasteiger partial charge in [-0.25, -0.2) is 0 Å². The first-order valence-electron chi connectivity index (χ1n) is 6.06. The van der Waals surface area contributed by atoms with Crippen LogP contribution in [0.25, 0.3) is 0 Å². The van der Waals surface area contributed by atoms with E-state index in [4.69, 9.17) is 5.73 Å². The molecular formula is C13H21BrN2O. The van der Waals surface area contributed by atoms with Gasteiger partial charge in [-0.3, -0.25) is 0 Å². The lowest BCUT2D eigenvalue weighted by Crippen LogP contribution is -2.37. The van der Waals surface area contributed by atoms with Crippen molar-refractivity contribution in [2.24, 2.45) is 0 Å². The first-order chi connectivity index (χ1) is 8.13. The third-order valence-corrected chi connectivity index (χ3v) is 3.64. The van der Waals surface area contributed by atoms with E-state index in [1.54, 1.807) is 0 Å². The Morgan fingerprint density at radius 3 is 2.47 bits per heavy atom. The molecule has 0 bridgehead atoms. The molecule has 1 rings (SSSR count). The van der Waals surface area contributed by atoms with Gasteiger partial charge in [0.1, 0.15) is 0 Å². The number of nitrogen functional groups attached to an aromatic ring is 1. The van der Waals surface area contributed by atoms with Crippen molar-refractivity contribution in [3.63, 3.8) is 0 Å². The molecule has 0 unspecified atom stereocenters. The lowest BCUT2D eigenvalue weighted by Gasteiger charge is -2.33. The summed E-state index contributed by atoms with van der Waals surface area (Å²) in [7, 11) is 0. The van der Waals surface area contributed by atoms with Crippen LogP contribution in [0, 0.1) is 0 Å². The van der Waals surface area contributed by atoms with Gasteiger partial charge in [-0.15, -0.1) is 0 Å². The number of hydrogen-bond acceptors (Lipinski definition) is 3. The van der Waals surface area contributed by atoms with Crippen molar-refractivity contribution in [3.8, 4) is 0 Å². The number of aliphatic hydroxyl groups excluding tert-OH is 1. The SMILES string of the molecule is CCC(CC)N(CCO)c1ccc(N)cc1Br. The highest BCUT2D eigenvalue weighted by molar-refractivity contribution is 9.10. The molecule has 0 saturated heterocycles. The molecule has 3 nitrogen and oxygen atoms in total. The topological polar surface area (TPSA) is 49.5 Å². The normalized spacial score (nSPS) is 10.9. The summed E-state index contributed by atoms with van der Waals surface area (Å²) in [6.45, 7) is 5.15. The summed E-state index contributed by atoms with van der Waals surface area (Å²) in [5.74, 6) is 0. The van der Waals surface area contributed by atoms with E-state index in [1.165, 1.54) is 0 Å². The zero-order chi connectivity index (χ0) is 12.8.